The molecule has 9 heavy (non-hydrogen) atoms. The fraction of sp³-hybridized carbons (Fsp3) is 0.571. The maximum absolute atomic E-state index is 4.23. The number of hydrogen-bond acceptors (Lipinski definition) is 2. The molecule has 1 aliphatic rings. The maximum Gasteiger partial charge on any atom is 0.107 e. The summed E-state index contributed by atoms with van der Waals surface area (Å²) in [7, 11) is 0. The van der Waals surface area contributed by atoms with Crippen molar-refractivity contribution in [1.82, 2.24) is 5.32 Å². The Morgan fingerprint density at radius 2 is 2.56 bits per heavy atom. The third kappa shape index (κ3) is 1.56. The summed E-state index contributed by atoms with van der Waals surface area (Å²) in [6.45, 7) is 4.93. The Morgan fingerprint density at radius 1 is 1.78 bits per heavy atom. The predicted molar refractivity (Wildman–Crippen MR) is 39.5 cm³/mol. The molecule has 0 radical (unpaired) electrons. The lowest BCUT2D eigenvalue weighted by molar-refractivity contribution is 0.811. The molecule has 2 heteroatoms. The Kier molecular flexibility index (Phi) is 1.88. The minimum absolute atomic E-state index is 0.755. The second-order valence-electron chi connectivity index (χ2n) is 2.17. The van der Waals surface area contributed by atoms with Crippen molar-refractivity contribution in [2.24, 2.45) is 4.99 Å². The summed E-state index contributed by atoms with van der Waals surface area (Å²) in [4.78, 5) is 4.23. The lowest BCUT2D eigenvalue weighted by Gasteiger charge is -2.10. The minimum atomic E-state index is 0.755. The van der Waals surface area contributed by atoms with Crippen molar-refractivity contribution in [3.05, 3.63) is 11.8 Å². The van der Waals surface area contributed by atoms with Crippen molar-refractivity contribution >= 4 is 5.71 Å². The quantitative estimate of drug-likeness (QED) is 0.560. The van der Waals surface area contributed by atoms with Gasteiger partial charge in [0.15, 0.2) is 0 Å². The fourth-order valence-corrected chi connectivity index (χ4v) is 0.826. The largest absolute Gasteiger partial charge is 0.370 e. The van der Waals surface area contributed by atoms with Gasteiger partial charge in [0, 0.05) is 11.4 Å². The van der Waals surface area contributed by atoms with Crippen molar-refractivity contribution in [1.29, 1.82) is 0 Å². The molecule has 1 N–H and O–H groups in total. The zero-order chi connectivity index (χ0) is 6.69. The first-order chi connectivity index (χ1) is 4.33. The van der Waals surface area contributed by atoms with Gasteiger partial charge in [0.1, 0.15) is 6.67 Å². The van der Waals surface area contributed by atoms with Gasteiger partial charge >= 0.3 is 0 Å². The average molecular weight is 124 g/mol. The van der Waals surface area contributed by atoms with E-state index in [0.29, 0.717) is 0 Å². The van der Waals surface area contributed by atoms with Gasteiger partial charge < -0.3 is 5.32 Å². The second kappa shape index (κ2) is 2.67. The lowest BCUT2D eigenvalue weighted by atomic mass is 10.2. The highest BCUT2D eigenvalue weighted by atomic mass is 15.0. The molecule has 1 rings (SSSR count). The van der Waals surface area contributed by atoms with Crippen LogP contribution in [0.4, 0.5) is 0 Å². The predicted octanol–water partition coefficient (Wildman–Crippen LogP) is 1.30. The molecule has 1 heterocycles. The van der Waals surface area contributed by atoms with Gasteiger partial charge in [0.05, 0.1) is 0 Å². The Hall–Kier alpha value is -0.790. The van der Waals surface area contributed by atoms with E-state index in [-0.39, 0.29) is 0 Å². The Labute approximate surface area is 55.7 Å². The van der Waals surface area contributed by atoms with Crippen molar-refractivity contribution in [2.75, 3.05) is 6.67 Å². The summed E-state index contributed by atoms with van der Waals surface area (Å²) in [6.07, 6.45) is 3.13. The van der Waals surface area contributed by atoms with Crippen LogP contribution in [0, 0.1) is 0 Å². The second-order valence-corrected chi connectivity index (χ2v) is 2.17. The third-order valence-corrected chi connectivity index (χ3v) is 1.39. The van der Waals surface area contributed by atoms with Crippen LogP contribution in [0.1, 0.15) is 20.3 Å². The molecule has 1 aliphatic heterocycles. The Bertz CT molecular complexity index is 156. The first-order valence-corrected chi connectivity index (χ1v) is 3.28. The molecule has 50 valence electrons. The highest BCUT2D eigenvalue weighted by Gasteiger charge is 1.97. The molecule has 0 fully saturated rings. The molecule has 0 unspecified atom stereocenters. The molecule has 0 amide bonds. The maximum atomic E-state index is 4.23. The first kappa shape index (κ1) is 6.33. The van der Waals surface area contributed by atoms with Gasteiger partial charge in [-0.15, -0.1) is 0 Å². The number of allylic oxidation sites excluding steroid dienone is 2. The van der Waals surface area contributed by atoms with Crippen LogP contribution in [-0.2, 0) is 0 Å². The van der Waals surface area contributed by atoms with E-state index in [1.807, 2.05) is 0 Å². The van der Waals surface area contributed by atoms with Crippen LogP contribution < -0.4 is 5.32 Å². The number of nitrogens with one attached hydrogen (secondary N) is 1. The van der Waals surface area contributed by atoms with Crippen LogP contribution >= 0.6 is 0 Å². The van der Waals surface area contributed by atoms with E-state index in [2.05, 4.69) is 30.2 Å². The SMILES string of the molecule is CCC1=NCNC(C)=C1. The lowest BCUT2D eigenvalue weighted by Crippen LogP contribution is -2.17. The summed E-state index contributed by atoms with van der Waals surface area (Å²) in [5.74, 6) is 0. The van der Waals surface area contributed by atoms with Gasteiger partial charge in [-0.2, -0.15) is 0 Å². The summed E-state index contributed by atoms with van der Waals surface area (Å²) in [5, 5.41) is 3.12. The number of nitrogens with zero attached hydrogens (tertiary/aromatic N) is 1. The Balaban J connectivity index is 2.63. The summed E-state index contributed by atoms with van der Waals surface area (Å²) < 4.78 is 0. The van der Waals surface area contributed by atoms with Crippen molar-refractivity contribution in [2.45, 2.75) is 20.3 Å². The van der Waals surface area contributed by atoms with Gasteiger partial charge in [0.2, 0.25) is 0 Å². The number of hydrogen-bond donors (Lipinski definition) is 1. The molecule has 0 saturated heterocycles. The Morgan fingerprint density at radius 3 is 3.00 bits per heavy atom. The van der Waals surface area contributed by atoms with Crippen LogP contribution in [0.25, 0.3) is 0 Å². The summed E-state index contributed by atoms with van der Waals surface area (Å²) in [5.41, 5.74) is 2.42. The zero-order valence-corrected chi connectivity index (χ0v) is 5.94. The zero-order valence-electron chi connectivity index (χ0n) is 5.94. The van der Waals surface area contributed by atoms with Gasteiger partial charge in [-0.05, 0) is 19.4 Å². The minimum Gasteiger partial charge on any atom is -0.370 e. The average Bonchev–Trinajstić information content (AvgIpc) is 1.88. The van der Waals surface area contributed by atoms with E-state index in [1.54, 1.807) is 0 Å². The standard InChI is InChI=1S/C7H12N2/c1-3-7-4-6(2)8-5-9-7/h4,8H,3,5H2,1-2H3. The van der Waals surface area contributed by atoms with Crippen molar-refractivity contribution in [3.8, 4) is 0 Å². The summed E-state index contributed by atoms with van der Waals surface area (Å²) in [6, 6.07) is 0. The van der Waals surface area contributed by atoms with Crippen molar-refractivity contribution < 1.29 is 0 Å². The highest BCUT2D eigenvalue weighted by Crippen LogP contribution is 1.98. The first-order valence-electron chi connectivity index (χ1n) is 3.28. The van der Waals surface area contributed by atoms with Crippen LogP contribution in [0.15, 0.2) is 16.8 Å². The van der Waals surface area contributed by atoms with Crippen LogP contribution in [0.2, 0.25) is 0 Å². The van der Waals surface area contributed by atoms with Gasteiger partial charge in [-0.1, -0.05) is 6.92 Å². The highest BCUT2D eigenvalue weighted by molar-refractivity contribution is 5.95. The molecule has 0 saturated carbocycles. The van der Waals surface area contributed by atoms with Gasteiger partial charge in [-0.3, -0.25) is 4.99 Å². The molecule has 2 nitrogen and oxygen atoms in total. The monoisotopic (exact) mass is 124 g/mol. The third-order valence-electron chi connectivity index (χ3n) is 1.39. The van der Waals surface area contributed by atoms with Crippen LogP contribution in [-0.4, -0.2) is 12.4 Å². The van der Waals surface area contributed by atoms with Crippen LogP contribution in [0.3, 0.4) is 0 Å². The number of aliphatic imine (C=N–C) groups is 1. The van der Waals surface area contributed by atoms with E-state index in [0.717, 1.165) is 13.1 Å². The molecular formula is C7H12N2. The molecule has 0 spiro atoms. The molecule has 0 aromatic rings. The van der Waals surface area contributed by atoms with E-state index < -0.39 is 0 Å². The molecule has 0 bridgehead atoms. The topological polar surface area (TPSA) is 24.4 Å². The molecular weight excluding hydrogens is 112 g/mol. The number of rotatable bonds is 1. The molecule has 0 aromatic carbocycles. The van der Waals surface area contributed by atoms with E-state index in [9.17, 15) is 0 Å². The normalized spacial score (nSPS) is 18.0. The fourth-order valence-electron chi connectivity index (χ4n) is 0.826. The van der Waals surface area contributed by atoms with Crippen LogP contribution in [0.5, 0.6) is 0 Å². The van der Waals surface area contributed by atoms with E-state index in [4.69, 9.17) is 0 Å². The molecule has 0 aliphatic carbocycles. The van der Waals surface area contributed by atoms with E-state index >= 15 is 0 Å². The van der Waals surface area contributed by atoms with E-state index in [1.165, 1.54) is 11.4 Å². The van der Waals surface area contributed by atoms with Gasteiger partial charge in [0.25, 0.3) is 0 Å². The molecule has 0 aromatic heterocycles. The van der Waals surface area contributed by atoms with Crippen molar-refractivity contribution in [3.63, 3.8) is 0 Å². The molecule has 0 atom stereocenters. The smallest absolute Gasteiger partial charge is 0.107 e. The van der Waals surface area contributed by atoms with Gasteiger partial charge in [-0.25, -0.2) is 0 Å². The summed E-state index contributed by atoms with van der Waals surface area (Å²) >= 11 is 0.